The Kier molecular flexibility index (Phi) is 3.22. The first-order valence-corrected chi connectivity index (χ1v) is 8.99. The number of sulfone groups is 1. The Morgan fingerprint density at radius 1 is 1.33 bits per heavy atom. The highest BCUT2D eigenvalue weighted by molar-refractivity contribution is 7.91. The van der Waals surface area contributed by atoms with Crippen molar-refractivity contribution in [2.75, 3.05) is 12.0 Å². The minimum atomic E-state index is -3.35. The van der Waals surface area contributed by atoms with Crippen LogP contribution in [0.25, 0.3) is 11.0 Å². The van der Waals surface area contributed by atoms with Crippen molar-refractivity contribution < 1.29 is 8.42 Å². The molecule has 0 aliphatic rings. The van der Waals surface area contributed by atoms with Crippen LogP contribution >= 0.6 is 11.3 Å². The summed E-state index contributed by atoms with van der Waals surface area (Å²) >= 11 is 1.54. The molecule has 6 nitrogen and oxygen atoms in total. The third-order valence-electron chi connectivity index (χ3n) is 3.13. The highest BCUT2D eigenvalue weighted by Crippen LogP contribution is 2.26. The standard InChI is InChI=1S/C13H14N4O2S2/c1-8-7-20-11(15-8)6-17-9-4-3-5-10(21(2,18)19)12(9)16-13(17)14/h3-5,7H,6H2,1-2H3,(H2,14,16). The summed E-state index contributed by atoms with van der Waals surface area (Å²) in [5, 5.41) is 2.87. The normalized spacial score (nSPS) is 12.1. The van der Waals surface area contributed by atoms with Crippen LogP contribution in [-0.2, 0) is 16.4 Å². The van der Waals surface area contributed by atoms with Gasteiger partial charge in [0.1, 0.15) is 10.5 Å². The maximum Gasteiger partial charge on any atom is 0.201 e. The fourth-order valence-electron chi connectivity index (χ4n) is 2.22. The van der Waals surface area contributed by atoms with Gasteiger partial charge in [0, 0.05) is 17.3 Å². The quantitative estimate of drug-likeness (QED) is 0.794. The van der Waals surface area contributed by atoms with E-state index in [1.54, 1.807) is 28.0 Å². The molecule has 1 aromatic carbocycles. The van der Waals surface area contributed by atoms with Crippen LogP contribution in [0, 0.1) is 6.92 Å². The van der Waals surface area contributed by atoms with Crippen molar-refractivity contribution in [1.82, 2.24) is 14.5 Å². The second-order valence-corrected chi connectivity index (χ2v) is 7.76. The van der Waals surface area contributed by atoms with E-state index in [9.17, 15) is 8.42 Å². The lowest BCUT2D eigenvalue weighted by Crippen LogP contribution is -2.04. The molecular weight excluding hydrogens is 308 g/mol. The minimum Gasteiger partial charge on any atom is -0.369 e. The molecule has 2 aromatic heterocycles. The molecule has 0 radical (unpaired) electrons. The number of thiazole rings is 1. The molecule has 0 bridgehead atoms. The van der Waals surface area contributed by atoms with Crippen LogP contribution in [0.4, 0.5) is 5.95 Å². The number of imidazole rings is 1. The number of hydrogen-bond donors (Lipinski definition) is 1. The molecule has 21 heavy (non-hydrogen) atoms. The summed E-state index contributed by atoms with van der Waals surface area (Å²) in [7, 11) is -3.35. The van der Waals surface area contributed by atoms with Crippen molar-refractivity contribution in [2.45, 2.75) is 18.4 Å². The smallest absolute Gasteiger partial charge is 0.201 e. The van der Waals surface area contributed by atoms with Crippen LogP contribution in [0.15, 0.2) is 28.5 Å². The van der Waals surface area contributed by atoms with Gasteiger partial charge in [-0.25, -0.2) is 18.4 Å². The molecule has 0 amide bonds. The number of para-hydroxylation sites is 1. The summed E-state index contributed by atoms with van der Waals surface area (Å²) < 4.78 is 25.4. The SMILES string of the molecule is Cc1csc(Cn2c(N)nc3c(S(C)(=O)=O)cccc32)n1. The molecule has 0 saturated heterocycles. The summed E-state index contributed by atoms with van der Waals surface area (Å²) in [6, 6.07) is 5.05. The average Bonchev–Trinajstić information content (AvgIpc) is 2.93. The van der Waals surface area contributed by atoms with Crippen molar-refractivity contribution >= 4 is 38.2 Å². The van der Waals surface area contributed by atoms with Crippen LogP contribution in [0.5, 0.6) is 0 Å². The number of nitrogens with zero attached hydrogens (tertiary/aromatic N) is 3. The predicted octanol–water partition coefficient (Wildman–Crippen LogP) is 1.84. The van der Waals surface area contributed by atoms with Gasteiger partial charge in [-0.15, -0.1) is 11.3 Å². The second kappa shape index (κ2) is 4.81. The molecule has 3 rings (SSSR count). The summed E-state index contributed by atoms with van der Waals surface area (Å²) in [5.41, 5.74) is 8.01. The zero-order valence-electron chi connectivity index (χ0n) is 11.6. The van der Waals surface area contributed by atoms with E-state index in [1.165, 1.54) is 6.26 Å². The van der Waals surface area contributed by atoms with Crippen molar-refractivity contribution in [3.8, 4) is 0 Å². The Bertz CT molecular complexity index is 925. The van der Waals surface area contributed by atoms with Gasteiger partial charge in [0.15, 0.2) is 9.84 Å². The first-order valence-electron chi connectivity index (χ1n) is 6.22. The number of aryl methyl sites for hydroxylation is 1. The predicted molar refractivity (Wildman–Crippen MR) is 83.2 cm³/mol. The molecule has 0 atom stereocenters. The number of anilines is 1. The van der Waals surface area contributed by atoms with Gasteiger partial charge >= 0.3 is 0 Å². The number of fused-ring (bicyclic) bond motifs is 1. The molecule has 0 aliphatic heterocycles. The first kappa shape index (κ1) is 14.0. The van der Waals surface area contributed by atoms with Crippen molar-refractivity contribution in [2.24, 2.45) is 0 Å². The van der Waals surface area contributed by atoms with E-state index in [0.29, 0.717) is 17.6 Å². The van der Waals surface area contributed by atoms with E-state index in [1.807, 2.05) is 18.4 Å². The van der Waals surface area contributed by atoms with Crippen LogP contribution in [0.2, 0.25) is 0 Å². The Balaban J connectivity index is 2.18. The monoisotopic (exact) mass is 322 g/mol. The number of rotatable bonds is 3. The van der Waals surface area contributed by atoms with Gasteiger partial charge in [0.05, 0.1) is 17.0 Å². The molecule has 0 fully saturated rings. The summed E-state index contributed by atoms with van der Waals surface area (Å²) in [6.45, 7) is 2.41. The fraction of sp³-hybridized carbons (Fsp3) is 0.231. The molecule has 0 unspecified atom stereocenters. The molecule has 0 saturated carbocycles. The fourth-order valence-corrected chi connectivity index (χ4v) is 3.80. The summed E-state index contributed by atoms with van der Waals surface area (Å²) in [6.07, 6.45) is 1.17. The molecule has 2 heterocycles. The second-order valence-electron chi connectivity index (χ2n) is 4.83. The van der Waals surface area contributed by atoms with E-state index in [-0.39, 0.29) is 10.8 Å². The molecule has 0 aliphatic carbocycles. The largest absolute Gasteiger partial charge is 0.369 e. The van der Waals surface area contributed by atoms with Gasteiger partial charge in [-0.1, -0.05) is 6.07 Å². The average molecular weight is 322 g/mol. The maximum absolute atomic E-state index is 11.8. The molecule has 8 heteroatoms. The third kappa shape index (κ3) is 2.52. The molecule has 2 N–H and O–H groups in total. The van der Waals surface area contributed by atoms with E-state index in [2.05, 4.69) is 9.97 Å². The van der Waals surface area contributed by atoms with Crippen molar-refractivity contribution in [3.63, 3.8) is 0 Å². The van der Waals surface area contributed by atoms with Gasteiger partial charge in [-0.05, 0) is 19.1 Å². The third-order valence-corrected chi connectivity index (χ3v) is 5.21. The Hall–Kier alpha value is -1.93. The summed E-state index contributed by atoms with van der Waals surface area (Å²) in [4.78, 5) is 8.82. The number of aromatic nitrogens is 3. The Morgan fingerprint density at radius 3 is 2.71 bits per heavy atom. The van der Waals surface area contributed by atoms with E-state index in [0.717, 1.165) is 10.7 Å². The van der Waals surface area contributed by atoms with Gasteiger partial charge < -0.3 is 10.3 Å². The molecule has 110 valence electrons. The minimum absolute atomic E-state index is 0.195. The van der Waals surface area contributed by atoms with Crippen LogP contribution in [-0.4, -0.2) is 29.2 Å². The lowest BCUT2D eigenvalue weighted by molar-refractivity contribution is 0.602. The zero-order chi connectivity index (χ0) is 15.2. The number of hydrogen-bond acceptors (Lipinski definition) is 6. The van der Waals surface area contributed by atoms with Crippen molar-refractivity contribution in [3.05, 3.63) is 34.3 Å². The number of nitrogens with two attached hydrogens (primary N) is 1. The van der Waals surface area contributed by atoms with E-state index >= 15 is 0 Å². The van der Waals surface area contributed by atoms with Gasteiger partial charge in [0.25, 0.3) is 0 Å². The lowest BCUT2D eigenvalue weighted by Gasteiger charge is -2.04. The van der Waals surface area contributed by atoms with E-state index < -0.39 is 9.84 Å². The number of benzene rings is 1. The lowest BCUT2D eigenvalue weighted by atomic mass is 10.3. The molecule has 3 aromatic rings. The maximum atomic E-state index is 11.8. The highest BCUT2D eigenvalue weighted by Gasteiger charge is 2.18. The molecular formula is C13H14N4O2S2. The summed E-state index contributed by atoms with van der Waals surface area (Å²) in [5.74, 6) is 0.286. The highest BCUT2D eigenvalue weighted by atomic mass is 32.2. The van der Waals surface area contributed by atoms with Crippen LogP contribution in [0.3, 0.4) is 0 Å². The van der Waals surface area contributed by atoms with Crippen molar-refractivity contribution in [1.29, 1.82) is 0 Å². The zero-order valence-corrected chi connectivity index (χ0v) is 13.2. The van der Waals surface area contributed by atoms with Gasteiger partial charge in [-0.2, -0.15) is 0 Å². The Morgan fingerprint density at radius 2 is 2.10 bits per heavy atom. The molecule has 0 spiro atoms. The topological polar surface area (TPSA) is 90.9 Å². The van der Waals surface area contributed by atoms with Crippen LogP contribution < -0.4 is 5.73 Å². The van der Waals surface area contributed by atoms with E-state index in [4.69, 9.17) is 5.73 Å². The number of nitrogen functional groups attached to an aromatic ring is 1. The van der Waals surface area contributed by atoms with Gasteiger partial charge in [-0.3, -0.25) is 0 Å². The first-order chi connectivity index (χ1) is 9.86. The van der Waals surface area contributed by atoms with Crippen LogP contribution in [0.1, 0.15) is 10.7 Å². The Labute approximate surface area is 126 Å². The van der Waals surface area contributed by atoms with Gasteiger partial charge in [0.2, 0.25) is 5.95 Å².